The van der Waals surface area contributed by atoms with Crippen LogP contribution in [0.3, 0.4) is 0 Å². The van der Waals surface area contributed by atoms with Crippen molar-refractivity contribution in [1.82, 2.24) is 0 Å². The van der Waals surface area contributed by atoms with Crippen LogP contribution in [0, 0.1) is 6.92 Å². The van der Waals surface area contributed by atoms with Gasteiger partial charge < -0.3 is 18.6 Å². The number of hydrogen-bond donors (Lipinski definition) is 0. The van der Waals surface area contributed by atoms with Gasteiger partial charge in [-0.2, -0.15) is 0 Å². The molecule has 1 aliphatic carbocycles. The van der Waals surface area contributed by atoms with Crippen LogP contribution in [0.4, 0.5) is 34.1 Å². The zero-order valence-electron chi connectivity index (χ0n) is 42.7. The van der Waals surface area contributed by atoms with Crippen molar-refractivity contribution in [3.63, 3.8) is 0 Å². The molecule has 0 radical (unpaired) electrons. The van der Waals surface area contributed by atoms with E-state index in [1.165, 1.54) is 60.3 Å². The third kappa shape index (κ3) is 6.35. The molecule has 16 rings (SSSR count). The largest absolute Gasteiger partial charge is 0.454 e. The van der Waals surface area contributed by atoms with Gasteiger partial charge in [-0.1, -0.05) is 212 Å². The van der Waals surface area contributed by atoms with Crippen molar-refractivity contribution in [3.05, 3.63) is 301 Å². The Bertz CT molecular complexity index is 4840. The van der Waals surface area contributed by atoms with Gasteiger partial charge in [0.05, 0.1) is 22.5 Å². The number of anilines is 6. The molecule has 15 aromatic rings. The molecule has 4 nitrogen and oxygen atoms in total. The molecule has 0 spiro atoms. The topological polar surface area (TPSA) is 32.8 Å². The zero-order chi connectivity index (χ0) is 51.5. The molecule has 0 aliphatic heterocycles. The first-order chi connectivity index (χ1) is 38.6. The second kappa shape index (κ2) is 17.2. The summed E-state index contributed by atoms with van der Waals surface area (Å²) in [5.41, 5.74) is 17.1. The summed E-state index contributed by atoms with van der Waals surface area (Å²) in [7, 11) is 0. The van der Waals surface area contributed by atoms with Crippen molar-refractivity contribution in [2.45, 2.75) is 12.3 Å². The number of hydrogen-bond acceptors (Lipinski definition) is 4. The lowest BCUT2D eigenvalue weighted by Crippen LogP contribution is -2.29. The van der Waals surface area contributed by atoms with Crippen molar-refractivity contribution in [2.24, 2.45) is 0 Å². The van der Waals surface area contributed by atoms with E-state index in [1.54, 1.807) is 0 Å². The Morgan fingerprint density at radius 2 is 0.808 bits per heavy atom. The monoisotopic (exact) mass is 996 g/mol. The second-order valence-electron chi connectivity index (χ2n) is 20.7. The lowest BCUT2D eigenvalue weighted by Gasteiger charge is -2.36. The summed E-state index contributed by atoms with van der Waals surface area (Å²) in [6.07, 6.45) is 0. The Labute approximate surface area is 450 Å². The Hall–Kier alpha value is -10.2. The van der Waals surface area contributed by atoms with Crippen molar-refractivity contribution in [1.29, 1.82) is 0 Å². The molecule has 0 saturated heterocycles. The average Bonchev–Trinajstić information content (AvgIpc) is 4.39. The Kier molecular flexibility index (Phi) is 9.73. The smallest absolute Gasteiger partial charge is 0.159 e. The molecule has 2 heterocycles. The van der Waals surface area contributed by atoms with Gasteiger partial charge in [0.1, 0.15) is 11.2 Å². The van der Waals surface area contributed by atoms with Crippen LogP contribution in [0.1, 0.15) is 27.8 Å². The normalized spacial score (nSPS) is 12.8. The fourth-order valence-corrected chi connectivity index (χ4v) is 13.3. The summed E-state index contributed by atoms with van der Waals surface area (Å²) in [5, 5.41) is 11.5. The van der Waals surface area contributed by atoms with Crippen LogP contribution in [-0.4, -0.2) is 0 Å². The minimum absolute atomic E-state index is 0.781. The van der Waals surface area contributed by atoms with Gasteiger partial charge in [0, 0.05) is 44.0 Å². The molecule has 0 fully saturated rings. The highest BCUT2D eigenvalue weighted by Gasteiger charge is 2.48. The maximum Gasteiger partial charge on any atom is 0.159 e. The molecule has 0 amide bonds. The van der Waals surface area contributed by atoms with Crippen molar-refractivity contribution >= 4 is 110 Å². The molecule has 2 aromatic heterocycles. The van der Waals surface area contributed by atoms with E-state index in [2.05, 4.69) is 290 Å². The van der Waals surface area contributed by atoms with E-state index in [0.717, 1.165) is 89.0 Å². The van der Waals surface area contributed by atoms with Crippen LogP contribution in [0.2, 0.25) is 0 Å². The summed E-state index contributed by atoms with van der Waals surface area (Å²) in [4.78, 5) is 4.85. The fourth-order valence-electron chi connectivity index (χ4n) is 13.3. The minimum Gasteiger partial charge on any atom is -0.454 e. The van der Waals surface area contributed by atoms with Crippen LogP contribution in [0.15, 0.2) is 282 Å². The van der Waals surface area contributed by atoms with E-state index >= 15 is 0 Å². The lowest BCUT2D eigenvalue weighted by molar-refractivity contribution is 0.669. The highest BCUT2D eigenvalue weighted by atomic mass is 16.3. The summed E-state index contributed by atoms with van der Waals surface area (Å²) < 4.78 is 14.1. The molecule has 4 heteroatoms. The first-order valence-corrected chi connectivity index (χ1v) is 26.8. The third-order valence-corrected chi connectivity index (χ3v) is 16.6. The molecule has 13 aromatic carbocycles. The summed E-state index contributed by atoms with van der Waals surface area (Å²) in [5.74, 6) is 0. The predicted octanol–water partition coefficient (Wildman–Crippen LogP) is 20.6. The first kappa shape index (κ1) is 44.2. The van der Waals surface area contributed by atoms with Crippen LogP contribution < -0.4 is 9.80 Å². The maximum atomic E-state index is 7.11. The maximum absolute atomic E-state index is 7.11. The Balaban J connectivity index is 0.998. The van der Waals surface area contributed by atoms with Gasteiger partial charge in [0.15, 0.2) is 11.2 Å². The number of benzene rings is 13. The van der Waals surface area contributed by atoms with Crippen molar-refractivity contribution in [2.75, 3.05) is 9.80 Å². The van der Waals surface area contributed by atoms with Gasteiger partial charge in [0.2, 0.25) is 0 Å². The van der Waals surface area contributed by atoms with E-state index in [0.29, 0.717) is 0 Å². The Morgan fingerprint density at radius 1 is 0.321 bits per heavy atom. The molecule has 0 unspecified atom stereocenters. The highest BCUT2D eigenvalue weighted by molar-refractivity contribution is 6.23. The summed E-state index contributed by atoms with van der Waals surface area (Å²) in [6, 6.07) is 99.5. The molecular formula is C74H48N2O2. The Morgan fingerprint density at radius 3 is 1.41 bits per heavy atom. The van der Waals surface area contributed by atoms with Crippen LogP contribution in [0.5, 0.6) is 0 Å². The number of nitrogens with zero attached hydrogens (tertiary/aromatic N) is 2. The van der Waals surface area contributed by atoms with Gasteiger partial charge in [-0.25, -0.2) is 0 Å². The highest BCUT2D eigenvalue weighted by Crippen LogP contribution is 2.61. The van der Waals surface area contributed by atoms with Gasteiger partial charge in [-0.15, -0.1) is 0 Å². The van der Waals surface area contributed by atoms with Crippen LogP contribution in [0.25, 0.3) is 87.3 Å². The third-order valence-electron chi connectivity index (χ3n) is 16.6. The lowest BCUT2D eigenvalue weighted by atomic mass is 9.67. The molecule has 78 heavy (non-hydrogen) atoms. The molecule has 0 atom stereocenters. The number of fused-ring (bicyclic) bond motifs is 15. The number of aryl methyl sites for hydroxylation is 1. The molecule has 0 saturated carbocycles. The minimum atomic E-state index is -0.781. The quantitative estimate of drug-likeness (QED) is 0.152. The number of rotatable bonds is 8. The first-order valence-electron chi connectivity index (χ1n) is 26.8. The fraction of sp³-hybridized carbons (Fsp3) is 0.0270. The number of para-hydroxylation sites is 4. The zero-order valence-corrected chi connectivity index (χ0v) is 42.7. The van der Waals surface area contributed by atoms with E-state index in [1.807, 2.05) is 0 Å². The predicted molar refractivity (Wildman–Crippen MR) is 325 cm³/mol. The molecule has 0 N–H and O–H groups in total. The SMILES string of the molecule is Cc1ccccc1N(c1cc2c(c3ccccc13)-c1ccc(N(c3ccccc3)c3cccc4c3oc3ccc5ccccc5c34)cc1C2(c1ccccc1)c1ccccc1)c1cccc2c1oc1ccc3ccccc3c12. The second-order valence-corrected chi connectivity index (χ2v) is 20.7. The van der Waals surface area contributed by atoms with Crippen molar-refractivity contribution in [3.8, 4) is 11.1 Å². The van der Waals surface area contributed by atoms with Gasteiger partial charge >= 0.3 is 0 Å². The van der Waals surface area contributed by atoms with Crippen molar-refractivity contribution < 1.29 is 8.83 Å². The molecular weight excluding hydrogens is 949 g/mol. The molecule has 1 aliphatic rings. The van der Waals surface area contributed by atoms with E-state index in [4.69, 9.17) is 8.83 Å². The summed E-state index contributed by atoms with van der Waals surface area (Å²) in [6.45, 7) is 2.21. The standard InChI is InChI=1S/C74H48N2O2/c1-47-21-11-18-36-63(47)76(65-38-20-35-60-71-55-31-15-13-23-49(55)40-44-68(71)78-73(60)65)66-46-62-69(57-33-17-16-32-56(57)66)58-42-41-53(45-61(58)74(62,50-24-5-2-6-25-50)51-26-7-3-8-27-51)75(52-28-9-4-10-29-52)64-37-19-34-59-70-54-30-14-12-22-48(54)39-43-67(70)77-72(59)64/h2-46H,1H3. The van der Waals surface area contributed by atoms with Crippen LogP contribution >= 0.6 is 0 Å². The average molecular weight is 997 g/mol. The molecule has 0 bridgehead atoms. The molecule has 366 valence electrons. The summed E-state index contributed by atoms with van der Waals surface area (Å²) >= 11 is 0. The van der Waals surface area contributed by atoms with E-state index in [9.17, 15) is 0 Å². The van der Waals surface area contributed by atoms with Gasteiger partial charge in [0.25, 0.3) is 0 Å². The van der Waals surface area contributed by atoms with E-state index in [-0.39, 0.29) is 0 Å². The van der Waals surface area contributed by atoms with E-state index < -0.39 is 5.41 Å². The van der Waals surface area contributed by atoms with Gasteiger partial charge in [-0.05, 0) is 133 Å². The van der Waals surface area contributed by atoms with Gasteiger partial charge in [-0.3, -0.25) is 0 Å². The van der Waals surface area contributed by atoms with Crippen LogP contribution in [-0.2, 0) is 5.41 Å². The number of furan rings is 2.